The molecule has 3 aromatic rings. The number of aliphatic hydroxyl groups is 1. The number of hydrogen-bond acceptors (Lipinski definition) is 8. The number of Topliss-reactive ketones (excluding diaryl/α,β-unsaturated/α-hetero) is 1. The lowest BCUT2D eigenvalue weighted by atomic mass is 9.95. The van der Waals surface area contributed by atoms with Crippen molar-refractivity contribution in [2.24, 2.45) is 0 Å². The van der Waals surface area contributed by atoms with Gasteiger partial charge in [0.05, 0.1) is 18.7 Å². The molecule has 0 saturated carbocycles. The third-order valence-corrected chi connectivity index (χ3v) is 5.80. The van der Waals surface area contributed by atoms with Gasteiger partial charge in [-0.2, -0.15) is 0 Å². The number of carbonyl (C=O) groups is 2. The van der Waals surface area contributed by atoms with Crippen LogP contribution >= 0.6 is 11.3 Å². The Morgan fingerprint density at radius 3 is 2.18 bits per heavy atom. The Balaban J connectivity index is 1.85. The molecule has 1 aliphatic heterocycles. The molecule has 4 rings (SSSR count). The standard InChI is InChI=1S/C22H16F3N3O5S/c1-11-26-27-21(34-11)28-17(12-3-9-15(10-4-12)33-22(23,24)25)16(19(30)20(28)31)18(29)13-5-7-14(32-2)8-6-13/h3-10,17,29H,1-2H3. The van der Waals surface area contributed by atoms with Crippen LogP contribution in [0.2, 0.25) is 0 Å². The molecule has 1 aliphatic rings. The number of ketones is 1. The average Bonchev–Trinajstić information content (AvgIpc) is 3.33. The number of rotatable bonds is 5. The van der Waals surface area contributed by atoms with Gasteiger partial charge in [0.1, 0.15) is 22.3 Å². The summed E-state index contributed by atoms with van der Waals surface area (Å²) in [7, 11) is 1.47. The Labute approximate surface area is 194 Å². The van der Waals surface area contributed by atoms with E-state index >= 15 is 0 Å². The van der Waals surface area contributed by atoms with Gasteiger partial charge in [0.25, 0.3) is 5.78 Å². The lowest BCUT2D eigenvalue weighted by Crippen LogP contribution is -2.29. The van der Waals surface area contributed by atoms with Crippen molar-refractivity contribution in [2.45, 2.75) is 19.3 Å². The van der Waals surface area contributed by atoms with Crippen LogP contribution in [0, 0.1) is 6.92 Å². The van der Waals surface area contributed by atoms with E-state index in [-0.39, 0.29) is 21.8 Å². The van der Waals surface area contributed by atoms with E-state index in [9.17, 15) is 27.9 Å². The molecule has 1 atom stereocenters. The number of carbonyl (C=O) groups excluding carboxylic acids is 2. The molecular formula is C22H16F3N3O5S. The summed E-state index contributed by atoms with van der Waals surface area (Å²) in [5, 5.41) is 19.5. The molecule has 1 saturated heterocycles. The third kappa shape index (κ3) is 4.44. The van der Waals surface area contributed by atoms with Gasteiger partial charge in [0.15, 0.2) is 0 Å². The van der Waals surface area contributed by atoms with E-state index < -0.39 is 35.6 Å². The summed E-state index contributed by atoms with van der Waals surface area (Å²) in [5.41, 5.74) is 0.262. The first-order chi connectivity index (χ1) is 16.1. The van der Waals surface area contributed by atoms with Crippen LogP contribution < -0.4 is 14.4 Å². The normalized spacial score (nSPS) is 17.8. The van der Waals surface area contributed by atoms with Crippen molar-refractivity contribution in [2.75, 3.05) is 12.0 Å². The molecule has 1 unspecified atom stereocenters. The molecule has 1 aromatic heterocycles. The van der Waals surface area contributed by atoms with Gasteiger partial charge in [-0.1, -0.05) is 23.5 Å². The first kappa shape index (κ1) is 23.2. The summed E-state index contributed by atoms with van der Waals surface area (Å²) >= 11 is 1.05. The van der Waals surface area contributed by atoms with Crippen LogP contribution in [-0.2, 0) is 9.59 Å². The highest BCUT2D eigenvalue weighted by Crippen LogP contribution is 2.43. The Hall–Kier alpha value is -3.93. The molecule has 1 fully saturated rings. The molecule has 1 amide bonds. The number of aryl methyl sites for hydroxylation is 1. The van der Waals surface area contributed by atoms with Crippen molar-refractivity contribution in [3.63, 3.8) is 0 Å². The number of alkyl halides is 3. The monoisotopic (exact) mass is 491 g/mol. The van der Waals surface area contributed by atoms with Gasteiger partial charge in [0.2, 0.25) is 5.13 Å². The number of ether oxygens (including phenoxy) is 2. The summed E-state index contributed by atoms with van der Waals surface area (Å²) in [6.45, 7) is 1.66. The maximum absolute atomic E-state index is 13.0. The number of halogens is 3. The van der Waals surface area contributed by atoms with Crippen LogP contribution in [0.5, 0.6) is 11.5 Å². The molecule has 0 radical (unpaired) electrons. The summed E-state index contributed by atoms with van der Waals surface area (Å²) in [6, 6.07) is 9.66. The molecule has 2 aromatic carbocycles. The molecule has 0 aliphatic carbocycles. The van der Waals surface area contributed by atoms with E-state index in [0.29, 0.717) is 10.8 Å². The number of anilines is 1. The predicted molar refractivity (Wildman–Crippen MR) is 116 cm³/mol. The van der Waals surface area contributed by atoms with Crippen molar-refractivity contribution < 1.29 is 37.3 Å². The van der Waals surface area contributed by atoms with E-state index in [4.69, 9.17) is 4.74 Å². The Kier molecular flexibility index (Phi) is 6.00. The molecular weight excluding hydrogens is 475 g/mol. The fourth-order valence-corrected chi connectivity index (χ4v) is 4.20. The quantitative estimate of drug-likeness (QED) is 0.321. The van der Waals surface area contributed by atoms with Crippen molar-refractivity contribution in [1.82, 2.24) is 10.2 Å². The zero-order chi connectivity index (χ0) is 24.6. The minimum atomic E-state index is -4.88. The van der Waals surface area contributed by atoms with Gasteiger partial charge in [-0.3, -0.25) is 14.5 Å². The highest BCUT2D eigenvalue weighted by atomic mass is 32.1. The number of nitrogens with zero attached hydrogens (tertiary/aromatic N) is 3. The third-order valence-electron chi connectivity index (χ3n) is 4.96. The Bertz CT molecular complexity index is 1270. The van der Waals surface area contributed by atoms with Crippen molar-refractivity contribution in [3.8, 4) is 11.5 Å². The number of benzene rings is 2. The molecule has 0 spiro atoms. The van der Waals surface area contributed by atoms with Crippen LogP contribution in [0.25, 0.3) is 5.76 Å². The van der Waals surface area contributed by atoms with E-state index in [1.807, 2.05) is 0 Å². The lowest BCUT2D eigenvalue weighted by Gasteiger charge is -2.22. The second-order valence-corrected chi connectivity index (χ2v) is 8.28. The average molecular weight is 491 g/mol. The largest absolute Gasteiger partial charge is 0.573 e. The second kappa shape index (κ2) is 8.78. The first-order valence-corrected chi connectivity index (χ1v) is 10.5. The van der Waals surface area contributed by atoms with Gasteiger partial charge < -0.3 is 14.6 Å². The molecule has 12 heteroatoms. The van der Waals surface area contributed by atoms with Gasteiger partial charge in [0, 0.05) is 5.56 Å². The summed E-state index contributed by atoms with van der Waals surface area (Å²) in [5.74, 6) is -2.34. The number of hydrogen-bond donors (Lipinski definition) is 1. The maximum Gasteiger partial charge on any atom is 0.573 e. The van der Waals surface area contributed by atoms with Crippen LogP contribution in [-0.4, -0.2) is 40.5 Å². The second-order valence-electron chi connectivity index (χ2n) is 7.12. The van der Waals surface area contributed by atoms with Crippen LogP contribution in [0.15, 0.2) is 54.1 Å². The summed E-state index contributed by atoms with van der Waals surface area (Å²) in [4.78, 5) is 27.1. The van der Waals surface area contributed by atoms with Crippen molar-refractivity contribution >= 4 is 33.9 Å². The first-order valence-electron chi connectivity index (χ1n) is 9.70. The van der Waals surface area contributed by atoms with Crippen molar-refractivity contribution in [3.05, 3.63) is 70.2 Å². The lowest BCUT2D eigenvalue weighted by molar-refractivity contribution is -0.274. The van der Waals surface area contributed by atoms with E-state index in [0.717, 1.165) is 28.4 Å². The number of aliphatic hydroxyl groups excluding tert-OH is 1. The number of methoxy groups -OCH3 is 1. The van der Waals surface area contributed by atoms with E-state index in [1.54, 1.807) is 19.1 Å². The maximum atomic E-state index is 13.0. The minimum absolute atomic E-state index is 0.106. The Morgan fingerprint density at radius 2 is 1.65 bits per heavy atom. The molecule has 34 heavy (non-hydrogen) atoms. The summed E-state index contributed by atoms with van der Waals surface area (Å²) < 4.78 is 46.7. The van der Waals surface area contributed by atoms with Crippen LogP contribution in [0.3, 0.4) is 0 Å². The number of aromatic nitrogens is 2. The zero-order valence-corrected chi connectivity index (χ0v) is 18.5. The molecule has 8 nitrogen and oxygen atoms in total. The fourth-order valence-electron chi connectivity index (χ4n) is 3.48. The van der Waals surface area contributed by atoms with Crippen LogP contribution in [0.4, 0.5) is 18.3 Å². The predicted octanol–water partition coefficient (Wildman–Crippen LogP) is 4.38. The zero-order valence-electron chi connectivity index (χ0n) is 17.7. The van der Waals surface area contributed by atoms with Gasteiger partial charge >= 0.3 is 12.3 Å². The highest BCUT2D eigenvalue weighted by molar-refractivity contribution is 7.15. The van der Waals surface area contributed by atoms with E-state index in [2.05, 4.69) is 14.9 Å². The van der Waals surface area contributed by atoms with Gasteiger partial charge in [-0.05, 0) is 48.9 Å². The number of amides is 1. The molecule has 2 heterocycles. The van der Waals surface area contributed by atoms with Gasteiger partial charge in [-0.25, -0.2) is 0 Å². The molecule has 1 N–H and O–H groups in total. The summed E-state index contributed by atoms with van der Waals surface area (Å²) in [6.07, 6.45) is -4.88. The SMILES string of the molecule is COc1ccc(C(O)=C2C(=O)C(=O)N(c3nnc(C)s3)C2c2ccc(OC(F)(F)F)cc2)cc1. The fraction of sp³-hybridized carbons (Fsp3) is 0.182. The van der Waals surface area contributed by atoms with E-state index in [1.165, 1.54) is 31.4 Å². The van der Waals surface area contributed by atoms with Gasteiger partial charge in [-0.15, -0.1) is 23.4 Å². The Morgan fingerprint density at radius 1 is 1.03 bits per heavy atom. The van der Waals surface area contributed by atoms with Crippen LogP contribution in [0.1, 0.15) is 22.2 Å². The highest BCUT2D eigenvalue weighted by Gasteiger charge is 2.48. The molecule has 0 bridgehead atoms. The smallest absolute Gasteiger partial charge is 0.507 e. The topological polar surface area (TPSA) is 102 Å². The molecule has 176 valence electrons. The van der Waals surface area contributed by atoms with Crippen molar-refractivity contribution in [1.29, 1.82) is 0 Å². The minimum Gasteiger partial charge on any atom is -0.507 e.